The van der Waals surface area contributed by atoms with Crippen LogP contribution in [0.5, 0.6) is 11.5 Å². The van der Waals surface area contributed by atoms with Crippen molar-refractivity contribution in [2.75, 3.05) is 13.2 Å². The highest BCUT2D eigenvalue weighted by Crippen LogP contribution is 2.26. The number of rotatable bonds is 6. The quantitative estimate of drug-likeness (QED) is 0.751. The standard InChI is InChI=1S/C14H18O4.C2H6/c1-9-13(17-9)7-15-11-4-3-5-12(6-11)16-8-14-10(2)18-14;1-2/h3-6,9-10,13-14H,7-8H2,1-2H3;1-2H3. The molecule has 2 fully saturated rings. The summed E-state index contributed by atoms with van der Waals surface area (Å²) in [6, 6.07) is 7.69. The zero-order chi connectivity index (χ0) is 14.5. The summed E-state index contributed by atoms with van der Waals surface area (Å²) >= 11 is 0. The average Bonchev–Trinajstić information content (AvgIpc) is 3.37. The number of ether oxygens (including phenoxy) is 4. The van der Waals surface area contributed by atoms with Gasteiger partial charge in [-0.15, -0.1) is 0 Å². The Kier molecular flexibility index (Phi) is 5.26. The van der Waals surface area contributed by atoms with Crippen LogP contribution in [-0.4, -0.2) is 37.6 Å². The van der Waals surface area contributed by atoms with E-state index in [9.17, 15) is 0 Å². The van der Waals surface area contributed by atoms with Gasteiger partial charge in [-0.05, 0) is 26.0 Å². The molecule has 0 amide bonds. The van der Waals surface area contributed by atoms with Crippen LogP contribution in [0, 0.1) is 0 Å². The molecule has 2 saturated heterocycles. The first-order valence-electron chi connectivity index (χ1n) is 7.39. The number of hydrogen-bond donors (Lipinski definition) is 0. The largest absolute Gasteiger partial charge is 0.491 e. The Balaban J connectivity index is 0.000000704. The molecule has 112 valence electrons. The third-order valence-corrected chi connectivity index (χ3v) is 3.31. The molecular formula is C16H24O4. The molecule has 3 rings (SSSR count). The summed E-state index contributed by atoms with van der Waals surface area (Å²) in [5, 5.41) is 0. The third-order valence-electron chi connectivity index (χ3n) is 3.31. The number of epoxide rings is 2. The molecule has 0 radical (unpaired) electrons. The summed E-state index contributed by atoms with van der Waals surface area (Å²) in [5.41, 5.74) is 0. The van der Waals surface area contributed by atoms with Gasteiger partial charge >= 0.3 is 0 Å². The van der Waals surface area contributed by atoms with Gasteiger partial charge in [0.05, 0.1) is 12.2 Å². The van der Waals surface area contributed by atoms with Gasteiger partial charge in [0.15, 0.2) is 0 Å². The van der Waals surface area contributed by atoms with Crippen molar-refractivity contribution < 1.29 is 18.9 Å². The predicted molar refractivity (Wildman–Crippen MR) is 77.5 cm³/mol. The van der Waals surface area contributed by atoms with E-state index in [2.05, 4.69) is 0 Å². The van der Waals surface area contributed by atoms with E-state index in [0.717, 1.165) is 11.5 Å². The van der Waals surface area contributed by atoms with Crippen molar-refractivity contribution in [2.45, 2.75) is 52.1 Å². The van der Waals surface area contributed by atoms with E-state index in [1.165, 1.54) is 0 Å². The van der Waals surface area contributed by atoms with Crippen molar-refractivity contribution in [1.29, 1.82) is 0 Å². The van der Waals surface area contributed by atoms with Crippen LogP contribution in [0.1, 0.15) is 27.7 Å². The molecule has 0 aliphatic carbocycles. The summed E-state index contributed by atoms with van der Waals surface area (Å²) in [7, 11) is 0. The lowest BCUT2D eigenvalue weighted by atomic mass is 10.3. The van der Waals surface area contributed by atoms with Gasteiger partial charge in [-0.3, -0.25) is 0 Å². The van der Waals surface area contributed by atoms with Crippen molar-refractivity contribution >= 4 is 0 Å². The smallest absolute Gasteiger partial charge is 0.123 e. The molecule has 1 aromatic rings. The first kappa shape index (κ1) is 15.1. The third kappa shape index (κ3) is 4.39. The van der Waals surface area contributed by atoms with Crippen molar-refractivity contribution in [2.24, 2.45) is 0 Å². The Hall–Kier alpha value is -1.26. The lowest BCUT2D eigenvalue weighted by Crippen LogP contribution is -2.08. The van der Waals surface area contributed by atoms with Gasteiger partial charge < -0.3 is 18.9 Å². The van der Waals surface area contributed by atoms with E-state index >= 15 is 0 Å². The van der Waals surface area contributed by atoms with Gasteiger partial charge in [-0.1, -0.05) is 19.9 Å². The van der Waals surface area contributed by atoms with Crippen molar-refractivity contribution in [3.63, 3.8) is 0 Å². The Labute approximate surface area is 121 Å². The zero-order valence-corrected chi connectivity index (χ0v) is 12.7. The minimum absolute atomic E-state index is 0.246. The van der Waals surface area contributed by atoms with Crippen LogP contribution in [0.25, 0.3) is 0 Å². The average molecular weight is 280 g/mol. The van der Waals surface area contributed by atoms with Crippen molar-refractivity contribution in [3.05, 3.63) is 24.3 Å². The molecule has 4 nitrogen and oxygen atoms in total. The second kappa shape index (κ2) is 6.95. The molecule has 4 unspecified atom stereocenters. The van der Waals surface area contributed by atoms with Crippen LogP contribution in [0.4, 0.5) is 0 Å². The van der Waals surface area contributed by atoms with Gasteiger partial charge in [-0.25, -0.2) is 0 Å². The first-order chi connectivity index (χ1) is 9.72. The fourth-order valence-electron chi connectivity index (χ4n) is 1.82. The lowest BCUT2D eigenvalue weighted by molar-refractivity contribution is 0.250. The molecule has 1 aromatic carbocycles. The first-order valence-corrected chi connectivity index (χ1v) is 7.39. The molecule has 0 spiro atoms. The highest BCUT2D eigenvalue weighted by atomic mass is 16.6. The Morgan fingerprint density at radius 2 is 1.30 bits per heavy atom. The molecule has 20 heavy (non-hydrogen) atoms. The molecule has 2 heterocycles. The van der Waals surface area contributed by atoms with Crippen molar-refractivity contribution in [1.82, 2.24) is 0 Å². The summed E-state index contributed by atoms with van der Waals surface area (Å²) in [6.45, 7) is 9.30. The maximum absolute atomic E-state index is 5.65. The topological polar surface area (TPSA) is 43.5 Å². The van der Waals surface area contributed by atoms with Crippen LogP contribution >= 0.6 is 0 Å². The molecule has 4 atom stereocenters. The Bertz CT molecular complexity index is 385. The monoisotopic (exact) mass is 280 g/mol. The molecule has 0 bridgehead atoms. The van der Waals surface area contributed by atoms with E-state index < -0.39 is 0 Å². The van der Waals surface area contributed by atoms with Crippen molar-refractivity contribution in [3.8, 4) is 11.5 Å². The maximum atomic E-state index is 5.65. The van der Waals surface area contributed by atoms with Gasteiger partial charge in [0.2, 0.25) is 0 Å². The van der Waals surface area contributed by atoms with Gasteiger partial charge in [0.1, 0.15) is 36.9 Å². The molecule has 2 aliphatic rings. The highest BCUT2D eigenvalue weighted by Gasteiger charge is 2.35. The van der Waals surface area contributed by atoms with Gasteiger partial charge in [0.25, 0.3) is 0 Å². The zero-order valence-electron chi connectivity index (χ0n) is 12.7. The summed E-state index contributed by atoms with van der Waals surface area (Å²) in [4.78, 5) is 0. The van der Waals surface area contributed by atoms with Crippen LogP contribution in [-0.2, 0) is 9.47 Å². The van der Waals surface area contributed by atoms with Crippen LogP contribution in [0.3, 0.4) is 0 Å². The van der Waals surface area contributed by atoms with E-state index in [1.807, 2.05) is 52.0 Å². The number of benzene rings is 1. The fourth-order valence-corrected chi connectivity index (χ4v) is 1.82. The second-order valence-electron chi connectivity index (χ2n) is 4.86. The molecule has 2 aliphatic heterocycles. The van der Waals surface area contributed by atoms with Crippen LogP contribution in [0.2, 0.25) is 0 Å². The predicted octanol–water partition coefficient (Wildman–Crippen LogP) is 3.05. The fraction of sp³-hybridized carbons (Fsp3) is 0.625. The Morgan fingerprint density at radius 3 is 1.65 bits per heavy atom. The van der Waals surface area contributed by atoms with E-state index in [0.29, 0.717) is 25.4 Å². The molecule has 0 aromatic heterocycles. The van der Waals surface area contributed by atoms with E-state index in [4.69, 9.17) is 18.9 Å². The second-order valence-corrected chi connectivity index (χ2v) is 4.86. The summed E-state index contributed by atoms with van der Waals surface area (Å²) in [5.74, 6) is 1.64. The van der Waals surface area contributed by atoms with Crippen LogP contribution in [0.15, 0.2) is 24.3 Å². The summed E-state index contributed by atoms with van der Waals surface area (Å²) < 4.78 is 21.9. The van der Waals surface area contributed by atoms with E-state index in [-0.39, 0.29) is 12.2 Å². The molecule has 0 saturated carbocycles. The molecular weight excluding hydrogens is 256 g/mol. The molecule has 4 heteroatoms. The highest BCUT2D eigenvalue weighted by molar-refractivity contribution is 5.33. The van der Waals surface area contributed by atoms with Gasteiger partial charge in [-0.2, -0.15) is 0 Å². The molecule has 0 N–H and O–H groups in total. The number of hydrogen-bond acceptors (Lipinski definition) is 4. The normalized spacial score (nSPS) is 30.0. The van der Waals surface area contributed by atoms with Gasteiger partial charge in [0, 0.05) is 6.07 Å². The Morgan fingerprint density at radius 1 is 0.900 bits per heavy atom. The lowest BCUT2D eigenvalue weighted by Gasteiger charge is -2.08. The SMILES string of the molecule is CC.CC1OC1COc1cccc(OCC2OC2C)c1. The minimum Gasteiger partial charge on any atom is -0.491 e. The summed E-state index contributed by atoms with van der Waals surface area (Å²) in [6.07, 6.45) is 1.15. The maximum Gasteiger partial charge on any atom is 0.123 e. The van der Waals surface area contributed by atoms with E-state index in [1.54, 1.807) is 0 Å². The minimum atomic E-state index is 0.246. The van der Waals surface area contributed by atoms with Crippen LogP contribution < -0.4 is 9.47 Å².